The van der Waals surface area contributed by atoms with E-state index in [4.69, 9.17) is 4.74 Å². The Morgan fingerprint density at radius 1 is 0.967 bits per heavy atom. The van der Waals surface area contributed by atoms with Crippen LogP contribution in [-0.2, 0) is 14.4 Å². The van der Waals surface area contributed by atoms with Crippen molar-refractivity contribution in [1.29, 1.82) is 0 Å². The quantitative estimate of drug-likeness (QED) is 0.386. The van der Waals surface area contributed by atoms with Crippen LogP contribution in [0.5, 0.6) is 5.75 Å². The van der Waals surface area contributed by atoms with Crippen molar-refractivity contribution >= 4 is 29.6 Å². The molecule has 0 saturated carbocycles. The van der Waals surface area contributed by atoms with Crippen LogP contribution in [0.25, 0.3) is 0 Å². The lowest BCUT2D eigenvalue weighted by atomic mass is 10.1. The van der Waals surface area contributed by atoms with Crippen LogP contribution in [0.4, 0.5) is 5.69 Å². The molecule has 2 rings (SSSR count). The van der Waals surface area contributed by atoms with E-state index in [1.54, 1.807) is 45.0 Å². The first-order valence-corrected chi connectivity index (χ1v) is 9.37. The SMILES string of the molecule is Cc1ccc(NC(=O)COc2ccc(/C=N\NC(=O)C(=O)NC(C)(C)C)cc2)cc1. The van der Waals surface area contributed by atoms with Crippen LogP contribution < -0.4 is 20.8 Å². The molecule has 30 heavy (non-hydrogen) atoms. The van der Waals surface area contributed by atoms with Gasteiger partial charge in [0, 0.05) is 11.2 Å². The second kappa shape index (κ2) is 10.2. The third kappa shape index (κ3) is 8.14. The van der Waals surface area contributed by atoms with Gasteiger partial charge in [-0.1, -0.05) is 17.7 Å². The summed E-state index contributed by atoms with van der Waals surface area (Å²) in [6.07, 6.45) is 1.40. The first-order chi connectivity index (χ1) is 14.1. The topological polar surface area (TPSA) is 109 Å². The standard InChI is InChI=1S/C22H26N4O4/c1-15-5-9-17(10-6-15)24-19(27)14-30-18-11-7-16(8-12-18)13-23-26-21(29)20(28)25-22(2,3)4/h5-13H,14H2,1-4H3,(H,24,27)(H,25,28)(H,26,29)/b23-13-. The summed E-state index contributed by atoms with van der Waals surface area (Å²) < 4.78 is 5.46. The molecule has 158 valence electrons. The number of anilines is 1. The van der Waals surface area contributed by atoms with Crippen LogP contribution in [0, 0.1) is 6.92 Å². The lowest BCUT2D eigenvalue weighted by Gasteiger charge is -2.19. The van der Waals surface area contributed by atoms with Gasteiger partial charge in [-0.2, -0.15) is 5.10 Å². The number of nitrogens with zero attached hydrogens (tertiary/aromatic N) is 1. The minimum atomic E-state index is -0.847. The summed E-state index contributed by atoms with van der Waals surface area (Å²) in [4.78, 5) is 35.3. The first kappa shape index (κ1) is 22.6. The summed E-state index contributed by atoms with van der Waals surface area (Å²) in [5, 5.41) is 9.06. The van der Waals surface area contributed by atoms with E-state index in [2.05, 4.69) is 21.2 Å². The average Bonchev–Trinajstić information content (AvgIpc) is 2.68. The maximum Gasteiger partial charge on any atom is 0.329 e. The summed E-state index contributed by atoms with van der Waals surface area (Å²) in [6.45, 7) is 7.17. The molecular formula is C22H26N4O4. The maximum atomic E-state index is 12.0. The minimum Gasteiger partial charge on any atom is -0.484 e. The molecular weight excluding hydrogens is 384 g/mol. The number of benzene rings is 2. The molecule has 0 spiro atoms. The second-order valence-electron chi connectivity index (χ2n) is 7.68. The van der Waals surface area contributed by atoms with E-state index >= 15 is 0 Å². The molecule has 0 fully saturated rings. The molecule has 8 heteroatoms. The van der Waals surface area contributed by atoms with E-state index in [1.807, 2.05) is 31.2 Å². The highest BCUT2D eigenvalue weighted by atomic mass is 16.5. The molecule has 0 aromatic heterocycles. The Morgan fingerprint density at radius 3 is 2.20 bits per heavy atom. The van der Waals surface area contributed by atoms with Crippen LogP contribution in [0.3, 0.4) is 0 Å². The zero-order chi connectivity index (χ0) is 22.1. The van der Waals surface area contributed by atoms with Gasteiger partial charge in [-0.3, -0.25) is 14.4 Å². The fourth-order valence-electron chi connectivity index (χ4n) is 2.25. The molecule has 3 N–H and O–H groups in total. The summed E-state index contributed by atoms with van der Waals surface area (Å²) in [5.41, 5.74) is 4.16. The first-order valence-electron chi connectivity index (χ1n) is 9.37. The van der Waals surface area contributed by atoms with Crippen LogP contribution in [0.2, 0.25) is 0 Å². The minimum absolute atomic E-state index is 0.125. The number of hydrogen-bond acceptors (Lipinski definition) is 5. The van der Waals surface area contributed by atoms with E-state index < -0.39 is 17.4 Å². The number of aryl methyl sites for hydroxylation is 1. The molecule has 0 bridgehead atoms. The van der Waals surface area contributed by atoms with Crippen molar-refractivity contribution in [2.75, 3.05) is 11.9 Å². The molecule has 0 aliphatic rings. The molecule has 3 amide bonds. The van der Waals surface area contributed by atoms with Crippen molar-refractivity contribution in [3.8, 4) is 5.75 Å². The second-order valence-corrected chi connectivity index (χ2v) is 7.68. The van der Waals surface area contributed by atoms with Gasteiger partial charge in [-0.25, -0.2) is 5.43 Å². The Bertz CT molecular complexity index is 914. The molecule has 8 nitrogen and oxygen atoms in total. The van der Waals surface area contributed by atoms with Crippen molar-refractivity contribution in [2.45, 2.75) is 33.2 Å². The van der Waals surface area contributed by atoms with Crippen LogP contribution in [0.15, 0.2) is 53.6 Å². The van der Waals surface area contributed by atoms with Gasteiger partial charge in [-0.15, -0.1) is 0 Å². The summed E-state index contributed by atoms with van der Waals surface area (Å²) >= 11 is 0. The van der Waals surface area contributed by atoms with Crippen LogP contribution >= 0.6 is 0 Å². The monoisotopic (exact) mass is 410 g/mol. The van der Waals surface area contributed by atoms with Crippen LogP contribution in [-0.4, -0.2) is 36.1 Å². The Labute approximate surface area is 175 Å². The number of nitrogens with one attached hydrogen (secondary N) is 3. The van der Waals surface area contributed by atoms with Gasteiger partial charge in [0.05, 0.1) is 6.21 Å². The van der Waals surface area contributed by atoms with E-state index in [-0.39, 0.29) is 12.5 Å². The molecule has 2 aromatic rings. The van der Waals surface area contributed by atoms with Crippen molar-refractivity contribution < 1.29 is 19.1 Å². The summed E-state index contributed by atoms with van der Waals surface area (Å²) in [6, 6.07) is 14.2. The van der Waals surface area contributed by atoms with Gasteiger partial charge in [0.15, 0.2) is 6.61 Å². The molecule has 0 aliphatic heterocycles. The van der Waals surface area contributed by atoms with Crippen LogP contribution in [0.1, 0.15) is 31.9 Å². The average molecular weight is 410 g/mol. The van der Waals surface area contributed by atoms with Crippen molar-refractivity contribution in [2.24, 2.45) is 5.10 Å². The Morgan fingerprint density at radius 2 is 1.60 bits per heavy atom. The highest BCUT2D eigenvalue weighted by molar-refractivity contribution is 6.35. The van der Waals surface area contributed by atoms with Gasteiger partial charge < -0.3 is 15.4 Å². The molecule has 0 aliphatic carbocycles. The fourth-order valence-corrected chi connectivity index (χ4v) is 2.25. The number of hydrogen-bond donors (Lipinski definition) is 3. The smallest absolute Gasteiger partial charge is 0.329 e. The molecule has 0 radical (unpaired) electrons. The number of amides is 3. The number of carbonyl (C=O) groups excluding carboxylic acids is 3. The van der Waals surface area contributed by atoms with Crippen molar-refractivity contribution in [3.05, 3.63) is 59.7 Å². The van der Waals surface area contributed by atoms with Crippen molar-refractivity contribution in [3.63, 3.8) is 0 Å². The molecule has 0 atom stereocenters. The number of rotatable bonds is 6. The third-order valence-electron chi connectivity index (χ3n) is 3.66. The van der Waals surface area contributed by atoms with Gasteiger partial charge in [0.1, 0.15) is 5.75 Å². The maximum absolute atomic E-state index is 12.0. The van der Waals surface area contributed by atoms with Gasteiger partial charge >= 0.3 is 11.8 Å². The van der Waals surface area contributed by atoms with E-state index in [9.17, 15) is 14.4 Å². The predicted molar refractivity (Wildman–Crippen MR) is 115 cm³/mol. The molecule has 2 aromatic carbocycles. The molecule has 0 heterocycles. The number of ether oxygens (including phenoxy) is 1. The van der Waals surface area contributed by atoms with Crippen molar-refractivity contribution in [1.82, 2.24) is 10.7 Å². The fraction of sp³-hybridized carbons (Fsp3) is 0.273. The zero-order valence-electron chi connectivity index (χ0n) is 17.5. The lowest BCUT2D eigenvalue weighted by Crippen LogP contribution is -2.47. The lowest BCUT2D eigenvalue weighted by molar-refractivity contribution is -0.140. The van der Waals surface area contributed by atoms with Gasteiger partial charge in [-0.05, 0) is 69.7 Å². The number of carbonyl (C=O) groups is 3. The highest BCUT2D eigenvalue weighted by Gasteiger charge is 2.19. The predicted octanol–water partition coefficient (Wildman–Crippen LogP) is 2.38. The largest absolute Gasteiger partial charge is 0.484 e. The normalized spacial score (nSPS) is 11.1. The van der Waals surface area contributed by atoms with E-state index in [0.717, 1.165) is 5.56 Å². The van der Waals surface area contributed by atoms with Gasteiger partial charge in [0.2, 0.25) is 0 Å². The summed E-state index contributed by atoms with van der Waals surface area (Å²) in [7, 11) is 0. The number of hydrazone groups is 1. The van der Waals surface area contributed by atoms with E-state index in [0.29, 0.717) is 17.0 Å². The zero-order valence-corrected chi connectivity index (χ0v) is 17.5. The Balaban J connectivity index is 1.78. The molecule has 0 saturated heterocycles. The Hall–Kier alpha value is -3.68. The Kier molecular flexibility index (Phi) is 7.69. The van der Waals surface area contributed by atoms with E-state index in [1.165, 1.54) is 6.21 Å². The molecule has 0 unspecified atom stereocenters. The third-order valence-corrected chi connectivity index (χ3v) is 3.66. The summed E-state index contributed by atoms with van der Waals surface area (Å²) in [5.74, 6) is -1.35. The highest BCUT2D eigenvalue weighted by Crippen LogP contribution is 2.12. The van der Waals surface area contributed by atoms with Gasteiger partial charge in [0.25, 0.3) is 5.91 Å².